The van der Waals surface area contributed by atoms with Gasteiger partial charge in [0.2, 0.25) is 0 Å². The molecule has 0 bridgehead atoms. The first kappa shape index (κ1) is 28.8. The van der Waals surface area contributed by atoms with Gasteiger partial charge in [-0.1, -0.05) is 0 Å². The van der Waals surface area contributed by atoms with Crippen LogP contribution < -0.4 is 0 Å². The van der Waals surface area contributed by atoms with Crippen LogP contribution in [0.2, 0.25) is 0 Å². The van der Waals surface area contributed by atoms with Crippen molar-refractivity contribution >= 4 is 0 Å². The Labute approximate surface area is 155 Å². The van der Waals surface area contributed by atoms with Crippen molar-refractivity contribution in [3.63, 3.8) is 0 Å². The summed E-state index contributed by atoms with van der Waals surface area (Å²) in [5.41, 5.74) is 0. The van der Waals surface area contributed by atoms with Crippen molar-refractivity contribution in [3.05, 3.63) is 0 Å². The Bertz CT molecular complexity index is 594. The molecule has 30 heavy (non-hydrogen) atoms. The van der Waals surface area contributed by atoms with E-state index in [-0.39, 0.29) is 0 Å². The van der Waals surface area contributed by atoms with Crippen molar-refractivity contribution in [2.24, 2.45) is 0 Å². The standard InChI is InChI=1S/C12H10F16O2/c13-5(14,3-1-2-4-29)6(15,16)7(17,18)8(19,20)9(21,22)10(23,24)11(25,26)12(27,28)30/h29-30H,1-4H2. The van der Waals surface area contributed by atoms with E-state index in [1.54, 1.807) is 0 Å². The number of unbranched alkanes of at least 4 members (excludes halogenated alkanes) is 1. The SMILES string of the molecule is OCCCCC(F)(F)C(F)(F)C(F)(F)C(F)(F)C(F)(F)C(F)(F)C(F)(F)C(O)(F)F. The Morgan fingerprint density at radius 2 is 0.733 bits per heavy atom. The summed E-state index contributed by atoms with van der Waals surface area (Å²) in [6.07, 6.45) is -11.9. The van der Waals surface area contributed by atoms with Crippen LogP contribution in [0, 0.1) is 0 Å². The molecule has 0 saturated heterocycles. The van der Waals surface area contributed by atoms with Crippen molar-refractivity contribution in [1.29, 1.82) is 0 Å². The zero-order valence-electron chi connectivity index (χ0n) is 13.8. The molecule has 0 spiro atoms. The maximum atomic E-state index is 13.4. The van der Waals surface area contributed by atoms with Crippen molar-refractivity contribution in [2.45, 2.75) is 66.8 Å². The largest absolute Gasteiger partial charge is 0.423 e. The molecule has 0 aromatic rings. The Kier molecular flexibility index (Phi) is 7.43. The van der Waals surface area contributed by atoms with E-state index in [1.807, 2.05) is 0 Å². The van der Waals surface area contributed by atoms with Crippen LogP contribution in [0.3, 0.4) is 0 Å². The van der Waals surface area contributed by atoms with E-state index in [4.69, 9.17) is 10.2 Å². The lowest BCUT2D eigenvalue weighted by atomic mass is 9.88. The highest BCUT2D eigenvalue weighted by Gasteiger charge is 2.94. The highest BCUT2D eigenvalue weighted by Crippen LogP contribution is 2.63. The Balaban J connectivity index is 6.48. The van der Waals surface area contributed by atoms with Gasteiger partial charge in [-0.25, -0.2) is 0 Å². The fourth-order valence-corrected chi connectivity index (χ4v) is 1.82. The van der Waals surface area contributed by atoms with Gasteiger partial charge < -0.3 is 10.2 Å². The lowest BCUT2D eigenvalue weighted by Gasteiger charge is -2.43. The van der Waals surface area contributed by atoms with Crippen molar-refractivity contribution in [1.82, 2.24) is 0 Å². The first-order chi connectivity index (χ1) is 12.8. The second-order valence-electron chi connectivity index (χ2n) is 5.87. The summed E-state index contributed by atoms with van der Waals surface area (Å²) in [5.74, 6) is -55.5. The minimum absolute atomic E-state index is 0.820. The molecular weight excluding hydrogens is 480 g/mol. The Morgan fingerprint density at radius 1 is 0.433 bits per heavy atom. The summed E-state index contributed by atoms with van der Waals surface area (Å²) in [6.45, 7) is -1.01. The van der Waals surface area contributed by atoms with Gasteiger partial charge >= 0.3 is 47.6 Å². The van der Waals surface area contributed by atoms with Gasteiger partial charge in [-0.3, -0.25) is 0 Å². The van der Waals surface area contributed by atoms with Crippen LogP contribution in [-0.4, -0.2) is 64.4 Å². The minimum atomic E-state index is -8.52. The average molecular weight is 490 g/mol. The lowest BCUT2D eigenvalue weighted by Crippen LogP contribution is -2.74. The van der Waals surface area contributed by atoms with Gasteiger partial charge in [0.05, 0.1) is 0 Å². The molecule has 0 aliphatic rings. The topological polar surface area (TPSA) is 40.5 Å². The molecule has 0 rings (SSSR count). The third-order valence-electron chi connectivity index (χ3n) is 3.71. The van der Waals surface area contributed by atoms with E-state index in [0.29, 0.717) is 0 Å². The van der Waals surface area contributed by atoms with Gasteiger partial charge in [0.15, 0.2) is 0 Å². The molecule has 0 radical (unpaired) electrons. The zero-order valence-corrected chi connectivity index (χ0v) is 13.8. The van der Waals surface area contributed by atoms with Crippen LogP contribution in [0.25, 0.3) is 0 Å². The van der Waals surface area contributed by atoms with E-state index in [0.717, 1.165) is 0 Å². The molecule has 0 heterocycles. The lowest BCUT2D eigenvalue weighted by molar-refractivity contribution is -0.469. The molecule has 0 saturated carbocycles. The van der Waals surface area contributed by atoms with Crippen LogP contribution in [0.5, 0.6) is 0 Å². The second-order valence-corrected chi connectivity index (χ2v) is 5.87. The highest BCUT2D eigenvalue weighted by atomic mass is 19.4. The number of hydrogen-bond donors (Lipinski definition) is 2. The summed E-state index contributed by atoms with van der Waals surface area (Å²) in [4.78, 5) is 0. The normalized spacial score (nSPS) is 16.2. The monoisotopic (exact) mass is 490 g/mol. The molecule has 0 unspecified atom stereocenters. The van der Waals surface area contributed by atoms with Crippen LogP contribution in [0.4, 0.5) is 70.2 Å². The van der Waals surface area contributed by atoms with E-state index in [2.05, 4.69) is 0 Å². The second kappa shape index (κ2) is 7.74. The van der Waals surface area contributed by atoms with Crippen LogP contribution in [-0.2, 0) is 0 Å². The number of halogens is 16. The number of aliphatic hydroxyl groups is 2. The molecule has 2 nitrogen and oxygen atoms in total. The molecule has 0 amide bonds. The van der Waals surface area contributed by atoms with Gasteiger partial charge in [-0.15, -0.1) is 0 Å². The Hall–Kier alpha value is -1.20. The van der Waals surface area contributed by atoms with Gasteiger partial charge in [-0.05, 0) is 12.8 Å². The zero-order chi connectivity index (χ0) is 24.8. The maximum Gasteiger partial charge on any atom is 0.423 e. The van der Waals surface area contributed by atoms with E-state index < -0.39 is 73.4 Å². The number of hydrogen-bond acceptors (Lipinski definition) is 2. The van der Waals surface area contributed by atoms with Gasteiger partial charge in [0.25, 0.3) is 0 Å². The molecule has 0 aliphatic heterocycles. The van der Waals surface area contributed by atoms with Crippen LogP contribution >= 0.6 is 0 Å². The summed E-state index contributed by atoms with van der Waals surface area (Å²) in [5, 5.41) is 15.8. The first-order valence-electron chi connectivity index (χ1n) is 7.17. The molecule has 0 fully saturated rings. The van der Waals surface area contributed by atoms with Crippen LogP contribution in [0.15, 0.2) is 0 Å². The molecule has 18 heteroatoms. The fraction of sp³-hybridized carbons (Fsp3) is 1.00. The van der Waals surface area contributed by atoms with Crippen molar-refractivity contribution in [3.8, 4) is 0 Å². The van der Waals surface area contributed by atoms with Crippen LogP contribution in [0.1, 0.15) is 19.3 Å². The predicted molar refractivity (Wildman–Crippen MR) is 62.7 cm³/mol. The smallest absolute Gasteiger partial charge is 0.396 e. The number of rotatable bonds is 11. The van der Waals surface area contributed by atoms with Crippen molar-refractivity contribution in [2.75, 3.05) is 6.61 Å². The maximum absolute atomic E-state index is 13.4. The summed E-state index contributed by atoms with van der Waals surface area (Å²) in [6, 6.07) is 0. The molecule has 182 valence electrons. The quantitative estimate of drug-likeness (QED) is 0.310. The molecule has 0 aromatic heterocycles. The summed E-state index contributed by atoms with van der Waals surface area (Å²) >= 11 is 0. The van der Waals surface area contributed by atoms with E-state index in [1.165, 1.54) is 0 Å². The molecule has 0 aliphatic carbocycles. The third-order valence-corrected chi connectivity index (χ3v) is 3.71. The molecule has 0 atom stereocenters. The van der Waals surface area contributed by atoms with Gasteiger partial charge in [0, 0.05) is 13.0 Å². The number of alkyl halides is 16. The Morgan fingerprint density at radius 3 is 1.03 bits per heavy atom. The molecular formula is C12H10F16O2. The number of aliphatic hydroxyl groups excluding tert-OH is 1. The van der Waals surface area contributed by atoms with Gasteiger partial charge in [-0.2, -0.15) is 70.2 Å². The highest BCUT2D eigenvalue weighted by molar-refractivity contribution is 5.14. The first-order valence-corrected chi connectivity index (χ1v) is 7.17. The van der Waals surface area contributed by atoms with Crippen molar-refractivity contribution < 1.29 is 80.5 Å². The molecule has 0 aromatic carbocycles. The van der Waals surface area contributed by atoms with E-state index in [9.17, 15) is 70.2 Å². The fourth-order valence-electron chi connectivity index (χ4n) is 1.82. The average Bonchev–Trinajstić information content (AvgIpc) is 2.52. The van der Waals surface area contributed by atoms with E-state index >= 15 is 0 Å². The minimum Gasteiger partial charge on any atom is -0.396 e. The van der Waals surface area contributed by atoms with Gasteiger partial charge in [0.1, 0.15) is 0 Å². The molecule has 2 N–H and O–H groups in total. The summed E-state index contributed by atoms with van der Waals surface area (Å²) < 4.78 is 209. The third kappa shape index (κ3) is 3.88. The predicted octanol–water partition coefficient (Wildman–Crippen LogP) is 5.18. The summed E-state index contributed by atoms with van der Waals surface area (Å²) in [7, 11) is 0.